The number of ketones is 1. The Hall–Kier alpha value is -1.93. The number of likely N-dealkylation sites (tertiary alicyclic amines) is 1. The third kappa shape index (κ3) is 5.52. The van der Waals surface area contributed by atoms with Gasteiger partial charge in [-0.25, -0.2) is 0 Å². The summed E-state index contributed by atoms with van der Waals surface area (Å²) in [5.74, 6) is 0.393. The summed E-state index contributed by atoms with van der Waals surface area (Å²) in [6.45, 7) is 8.23. The molecule has 1 saturated heterocycles. The van der Waals surface area contributed by atoms with Crippen LogP contribution in [0.3, 0.4) is 0 Å². The molecule has 2 nitrogen and oxygen atoms in total. The van der Waals surface area contributed by atoms with E-state index in [2.05, 4.69) is 62.4 Å². The summed E-state index contributed by atoms with van der Waals surface area (Å²) in [5, 5.41) is 0. The van der Waals surface area contributed by atoms with Crippen LogP contribution in [0.5, 0.6) is 0 Å². The van der Waals surface area contributed by atoms with E-state index in [9.17, 15) is 4.79 Å². The predicted molar refractivity (Wildman–Crippen MR) is 113 cm³/mol. The first-order valence-electron chi connectivity index (χ1n) is 10.6. The number of quaternary nitrogens is 1. The second kappa shape index (κ2) is 9.32. The van der Waals surface area contributed by atoms with E-state index in [1.54, 1.807) is 0 Å². The van der Waals surface area contributed by atoms with Crippen LogP contribution in [-0.4, -0.2) is 29.9 Å². The second-order valence-corrected chi connectivity index (χ2v) is 8.33. The van der Waals surface area contributed by atoms with E-state index in [1.807, 2.05) is 0 Å². The van der Waals surface area contributed by atoms with E-state index in [0.29, 0.717) is 18.7 Å². The third-order valence-corrected chi connectivity index (χ3v) is 6.10. The molecular weight excluding hydrogens is 330 g/mol. The van der Waals surface area contributed by atoms with Crippen LogP contribution in [0.25, 0.3) is 0 Å². The number of carbonyl (C=O) groups excluding carboxylic acids is 1. The summed E-state index contributed by atoms with van der Waals surface area (Å²) < 4.78 is 0.940. The van der Waals surface area contributed by atoms with Crippen molar-refractivity contribution in [2.75, 3.05) is 19.6 Å². The highest BCUT2D eigenvalue weighted by molar-refractivity contribution is 5.82. The van der Waals surface area contributed by atoms with Crippen LogP contribution in [-0.2, 0) is 24.2 Å². The molecular formula is C25H34NO+. The van der Waals surface area contributed by atoms with Crippen LogP contribution in [0, 0.1) is 6.92 Å². The van der Waals surface area contributed by atoms with Gasteiger partial charge in [0, 0.05) is 12.0 Å². The number of hydrogen-bond donors (Lipinski definition) is 0. The molecule has 1 heterocycles. The first-order chi connectivity index (χ1) is 13.1. The SMILES string of the molecule is CCc1ccc(C)c(CC(=O)C[N+]2(Cc3ccccc3)CCCCCC2)c1. The summed E-state index contributed by atoms with van der Waals surface area (Å²) in [6, 6.07) is 17.3. The zero-order valence-corrected chi connectivity index (χ0v) is 17.0. The zero-order chi connectivity index (χ0) is 19.1. The Kier molecular flexibility index (Phi) is 6.84. The lowest BCUT2D eigenvalue weighted by Gasteiger charge is -2.37. The molecule has 0 spiro atoms. The van der Waals surface area contributed by atoms with Crippen LogP contribution in [0.15, 0.2) is 48.5 Å². The van der Waals surface area contributed by atoms with E-state index >= 15 is 0 Å². The average molecular weight is 365 g/mol. The van der Waals surface area contributed by atoms with Gasteiger partial charge in [0.05, 0.1) is 13.1 Å². The summed E-state index contributed by atoms with van der Waals surface area (Å²) in [5.41, 5.74) is 5.14. The summed E-state index contributed by atoms with van der Waals surface area (Å²) in [4.78, 5) is 13.1. The Morgan fingerprint density at radius 2 is 1.63 bits per heavy atom. The van der Waals surface area contributed by atoms with Crippen molar-refractivity contribution in [1.29, 1.82) is 0 Å². The Morgan fingerprint density at radius 1 is 0.926 bits per heavy atom. The molecule has 0 amide bonds. The first kappa shape index (κ1) is 19.8. The molecule has 0 aromatic heterocycles. The molecule has 1 aliphatic heterocycles. The van der Waals surface area contributed by atoms with Crippen molar-refractivity contribution in [1.82, 2.24) is 0 Å². The summed E-state index contributed by atoms with van der Waals surface area (Å²) >= 11 is 0. The van der Waals surface area contributed by atoms with Gasteiger partial charge in [-0.05, 0) is 55.7 Å². The average Bonchev–Trinajstić information content (AvgIpc) is 2.89. The molecule has 2 aromatic rings. The van der Waals surface area contributed by atoms with Gasteiger partial charge in [-0.15, -0.1) is 0 Å². The van der Waals surface area contributed by atoms with Crippen molar-refractivity contribution < 1.29 is 9.28 Å². The first-order valence-corrected chi connectivity index (χ1v) is 10.6. The van der Waals surface area contributed by atoms with Crippen molar-refractivity contribution in [3.05, 3.63) is 70.8 Å². The van der Waals surface area contributed by atoms with Crippen LogP contribution < -0.4 is 0 Å². The van der Waals surface area contributed by atoms with E-state index in [1.165, 1.54) is 47.9 Å². The van der Waals surface area contributed by atoms with Gasteiger partial charge in [0.2, 0.25) is 0 Å². The molecule has 3 rings (SSSR count). The third-order valence-electron chi connectivity index (χ3n) is 6.10. The number of benzene rings is 2. The number of nitrogens with zero attached hydrogens (tertiary/aromatic N) is 1. The Labute approximate surface area is 164 Å². The van der Waals surface area contributed by atoms with E-state index < -0.39 is 0 Å². The number of aryl methyl sites for hydroxylation is 2. The molecule has 0 N–H and O–H groups in total. The molecule has 2 heteroatoms. The van der Waals surface area contributed by atoms with Crippen LogP contribution in [0.4, 0.5) is 0 Å². The van der Waals surface area contributed by atoms with Gasteiger partial charge in [-0.2, -0.15) is 0 Å². The standard InChI is InChI=1S/C25H34NO/c1-3-22-14-13-21(2)24(17-22)18-25(27)20-26(15-9-4-5-10-16-26)19-23-11-7-6-8-12-23/h6-8,11-14,17H,3-5,9-10,15-16,18-20H2,1-2H3/q+1. The second-order valence-electron chi connectivity index (χ2n) is 8.33. The molecule has 0 bridgehead atoms. The minimum atomic E-state index is 0.393. The summed E-state index contributed by atoms with van der Waals surface area (Å²) in [7, 11) is 0. The van der Waals surface area contributed by atoms with Crippen LogP contribution in [0.1, 0.15) is 54.9 Å². The van der Waals surface area contributed by atoms with E-state index in [4.69, 9.17) is 0 Å². The van der Waals surface area contributed by atoms with E-state index in [-0.39, 0.29) is 0 Å². The minimum Gasteiger partial charge on any atom is -0.314 e. The quantitative estimate of drug-likeness (QED) is 0.613. The lowest BCUT2D eigenvalue weighted by Crippen LogP contribution is -2.51. The van der Waals surface area contributed by atoms with Crippen molar-refractivity contribution in [3.63, 3.8) is 0 Å². The topological polar surface area (TPSA) is 17.1 Å². The normalized spacial score (nSPS) is 16.7. The molecule has 0 unspecified atom stereocenters. The van der Waals surface area contributed by atoms with E-state index in [0.717, 1.165) is 30.5 Å². The lowest BCUT2D eigenvalue weighted by atomic mass is 9.98. The van der Waals surface area contributed by atoms with Gasteiger partial charge in [-0.3, -0.25) is 4.79 Å². The maximum atomic E-state index is 13.1. The molecule has 0 atom stereocenters. The molecule has 27 heavy (non-hydrogen) atoms. The van der Waals surface area contributed by atoms with Gasteiger partial charge in [-0.1, -0.05) is 55.5 Å². The maximum absolute atomic E-state index is 13.1. The van der Waals surface area contributed by atoms with Crippen molar-refractivity contribution in [2.45, 2.75) is 58.9 Å². The fourth-order valence-corrected chi connectivity index (χ4v) is 4.48. The number of hydrogen-bond acceptors (Lipinski definition) is 1. The molecule has 2 aromatic carbocycles. The zero-order valence-electron chi connectivity index (χ0n) is 17.0. The molecule has 1 aliphatic rings. The largest absolute Gasteiger partial charge is 0.314 e. The molecule has 0 aliphatic carbocycles. The van der Waals surface area contributed by atoms with Crippen LogP contribution in [0.2, 0.25) is 0 Å². The number of carbonyl (C=O) groups is 1. The highest BCUT2D eigenvalue weighted by Crippen LogP contribution is 2.23. The van der Waals surface area contributed by atoms with Gasteiger partial charge in [0.25, 0.3) is 0 Å². The highest BCUT2D eigenvalue weighted by Gasteiger charge is 2.31. The van der Waals surface area contributed by atoms with Gasteiger partial charge in [0.1, 0.15) is 13.1 Å². The molecule has 1 fully saturated rings. The smallest absolute Gasteiger partial charge is 0.191 e. The Bertz CT molecular complexity index is 742. The summed E-state index contributed by atoms with van der Waals surface area (Å²) in [6.07, 6.45) is 6.69. The van der Waals surface area contributed by atoms with Crippen molar-refractivity contribution in [3.8, 4) is 0 Å². The van der Waals surface area contributed by atoms with Crippen molar-refractivity contribution >= 4 is 5.78 Å². The van der Waals surface area contributed by atoms with Crippen LogP contribution >= 0.6 is 0 Å². The van der Waals surface area contributed by atoms with Crippen molar-refractivity contribution in [2.24, 2.45) is 0 Å². The van der Waals surface area contributed by atoms with Gasteiger partial charge >= 0.3 is 0 Å². The fourth-order valence-electron chi connectivity index (χ4n) is 4.48. The molecule has 0 radical (unpaired) electrons. The molecule has 144 valence electrons. The number of rotatable bonds is 7. The van der Waals surface area contributed by atoms with Gasteiger partial charge < -0.3 is 4.48 Å². The maximum Gasteiger partial charge on any atom is 0.191 e. The fraction of sp³-hybridized carbons (Fsp3) is 0.480. The van der Waals surface area contributed by atoms with Gasteiger partial charge in [0.15, 0.2) is 5.78 Å². The predicted octanol–water partition coefficient (Wildman–Crippen LogP) is 5.26. The Morgan fingerprint density at radius 3 is 2.30 bits per heavy atom. The molecule has 0 saturated carbocycles. The Balaban J connectivity index is 1.76. The minimum absolute atomic E-state index is 0.393. The highest BCUT2D eigenvalue weighted by atomic mass is 16.1. The monoisotopic (exact) mass is 364 g/mol. The number of Topliss-reactive ketones (excluding diaryl/α,β-unsaturated/α-hetero) is 1. The lowest BCUT2D eigenvalue weighted by molar-refractivity contribution is -0.932.